The number of rotatable bonds is 6. The highest BCUT2D eigenvalue weighted by molar-refractivity contribution is 5.94. The first-order chi connectivity index (χ1) is 11.3. The maximum Gasteiger partial charge on any atom is 0.433 e. The van der Waals surface area contributed by atoms with E-state index in [1.54, 1.807) is 6.07 Å². The number of hydrogen-bond donors (Lipinski definition) is 2. The smallest absolute Gasteiger partial charge is 0.350 e. The van der Waals surface area contributed by atoms with Gasteiger partial charge in [0.1, 0.15) is 5.69 Å². The Morgan fingerprint density at radius 1 is 1.32 bits per heavy atom. The van der Waals surface area contributed by atoms with Crippen molar-refractivity contribution in [3.63, 3.8) is 0 Å². The molecule has 0 bridgehead atoms. The number of amides is 1. The lowest BCUT2D eigenvalue weighted by atomic mass is 10.2. The molecule has 0 saturated heterocycles. The maximum absolute atomic E-state index is 13.0. The van der Waals surface area contributed by atoms with E-state index in [9.17, 15) is 18.0 Å². The number of carbonyl (C=O) groups excluding carboxylic acids is 1. The Kier molecular flexibility index (Phi) is 7.44. The molecule has 1 heterocycles. The van der Waals surface area contributed by atoms with E-state index < -0.39 is 11.9 Å². The van der Waals surface area contributed by atoms with E-state index in [0.717, 1.165) is 23.5 Å². The molecule has 1 atom stereocenters. The first-order valence-electron chi connectivity index (χ1n) is 7.56. The molecule has 2 rings (SSSR count). The molecule has 1 aromatic heterocycles. The van der Waals surface area contributed by atoms with Gasteiger partial charge >= 0.3 is 6.18 Å². The van der Waals surface area contributed by atoms with Crippen LogP contribution in [-0.2, 0) is 6.18 Å². The molecule has 0 aliphatic rings. The molecule has 0 radical (unpaired) electrons. The summed E-state index contributed by atoms with van der Waals surface area (Å²) in [7, 11) is 0. The molecule has 0 saturated carbocycles. The number of aromatic nitrogens is 2. The van der Waals surface area contributed by atoms with E-state index in [1.807, 2.05) is 13.8 Å². The van der Waals surface area contributed by atoms with Crippen LogP contribution in [0.3, 0.4) is 0 Å². The minimum atomic E-state index is -4.52. The highest BCUT2D eigenvalue weighted by Crippen LogP contribution is 2.30. The van der Waals surface area contributed by atoms with Gasteiger partial charge in [-0.15, -0.1) is 12.4 Å². The molecule has 5 nitrogen and oxygen atoms in total. The van der Waals surface area contributed by atoms with Gasteiger partial charge in [-0.2, -0.15) is 18.3 Å². The fourth-order valence-corrected chi connectivity index (χ4v) is 2.27. The molecule has 0 aliphatic carbocycles. The quantitative estimate of drug-likeness (QED) is 0.814. The van der Waals surface area contributed by atoms with Crippen molar-refractivity contribution >= 4 is 18.3 Å². The van der Waals surface area contributed by atoms with Crippen LogP contribution in [0.2, 0.25) is 0 Å². The Morgan fingerprint density at radius 2 is 2.04 bits per heavy atom. The number of hydrogen-bond acceptors (Lipinski definition) is 3. The molecular formula is C16H20ClF3N4O. The van der Waals surface area contributed by atoms with Crippen molar-refractivity contribution in [2.75, 3.05) is 13.1 Å². The molecule has 9 heteroatoms. The van der Waals surface area contributed by atoms with E-state index in [2.05, 4.69) is 15.7 Å². The summed E-state index contributed by atoms with van der Waals surface area (Å²) in [6.45, 7) is 5.10. The van der Waals surface area contributed by atoms with Crippen LogP contribution >= 0.6 is 12.4 Å². The number of nitrogens with zero attached hydrogens (tertiary/aromatic N) is 2. The zero-order valence-electron chi connectivity index (χ0n) is 13.8. The summed E-state index contributed by atoms with van der Waals surface area (Å²) in [4.78, 5) is 12.2. The van der Waals surface area contributed by atoms with Gasteiger partial charge in [-0.3, -0.25) is 4.79 Å². The average Bonchev–Trinajstić information content (AvgIpc) is 3.03. The van der Waals surface area contributed by atoms with Crippen molar-refractivity contribution in [1.29, 1.82) is 0 Å². The summed E-state index contributed by atoms with van der Waals surface area (Å²) in [5.41, 5.74) is -0.430. The molecule has 2 N–H and O–H groups in total. The third-order valence-corrected chi connectivity index (χ3v) is 3.41. The molecule has 1 aromatic carbocycles. The Balaban J connectivity index is 0.00000312. The van der Waals surface area contributed by atoms with Crippen LogP contribution in [0.4, 0.5) is 13.2 Å². The summed E-state index contributed by atoms with van der Waals surface area (Å²) in [5, 5.41) is 9.61. The molecule has 0 spiro atoms. The van der Waals surface area contributed by atoms with Crippen LogP contribution in [0.25, 0.3) is 5.69 Å². The third-order valence-electron chi connectivity index (χ3n) is 3.41. The summed E-state index contributed by atoms with van der Waals surface area (Å²) in [6, 6.07) is 6.93. The number of alkyl halides is 3. The molecule has 0 aliphatic heterocycles. The fraction of sp³-hybridized carbons (Fsp3) is 0.375. The second-order valence-corrected chi connectivity index (χ2v) is 5.35. The molecular weight excluding hydrogens is 357 g/mol. The molecule has 25 heavy (non-hydrogen) atoms. The van der Waals surface area contributed by atoms with Crippen LogP contribution in [0.5, 0.6) is 0 Å². The highest BCUT2D eigenvalue weighted by atomic mass is 35.5. The lowest BCUT2D eigenvalue weighted by molar-refractivity contribution is -0.142. The van der Waals surface area contributed by atoms with E-state index in [4.69, 9.17) is 0 Å². The molecule has 138 valence electrons. The second kappa shape index (κ2) is 8.87. The van der Waals surface area contributed by atoms with Gasteiger partial charge in [0.15, 0.2) is 0 Å². The van der Waals surface area contributed by atoms with Crippen LogP contribution in [0.1, 0.15) is 29.9 Å². The van der Waals surface area contributed by atoms with Crippen LogP contribution in [-0.4, -0.2) is 34.8 Å². The van der Waals surface area contributed by atoms with Crippen molar-refractivity contribution in [1.82, 2.24) is 20.4 Å². The molecule has 2 aromatic rings. The summed E-state index contributed by atoms with van der Waals surface area (Å²) >= 11 is 0. The van der Waals surface area contributed by atoms with Crippen molar-refractivity contribution in [2.24, 2.45) is 0 Å². The largest absolute Gasteiger partial charge is 0.433 e. The predicted octanol–water partition coefficient (Wildman–Crippen LogP) is 3.04. The molecule has 0 unspecified atom stereocenters. The fourth-order valence-electron chi connectivity index (χ4n) is 2.27. The summed E-state index contributed by atoms with van der Waals surface area (Å²) in [5.74, 6) is -0.345. The van der Waals surface area contributed by atoms with Gasteiger partial charge in [0.05, 0.1) is 11.9 Å². The Hall–Kier alpha value is -2.06. The zero-order valence-corrected chi connectivity index (χ0v) is 14.6. The number of carbonyl (C=O) groups is 1. The Morgan fingerprint density at radius 3 is 2.68 bits per heavy atom. The summed E-state index contributed by atoms with van der Waals surface area (Å²) < 4.78 is 39.7. The van der Waals surface area contributed by atoms with Crippen LogP contribution in [0, 0.1) is 0 Å². The second-order valence-electron chi connectivity index (χ2n) is 5.35. The number of benzene rings is 1. The number of nitrogens with one attached hydrogen (secondary N) is 2. The zero-order chi connectivity index (χ0) is 17.7. The van der Waals surface area contributed by atoms with E-state index in [-0.39, 0.29) is 35.6 Å². The van der Waals surface area contributed by atoms with Crippen molar-refractivity contribution < 1.29 is 18.0 Å². The minimum absolute atomic E-state index is 0. The van der Waals surface area contributed by atoms with E-state index in [1.165, 1.54) is 18.2 Å². The number of halogens is 4. The normalized spacial score (nSPS) is 12.4. The van der Waals surface area contributed by atoms with Crippen molar-refractivity contribution in [2.45, 2.75) is 26.1 Å². The topological polar surface area (TPSA) is 58.9 Å². The Bertz CT molecular complexity index is 703. The standard InChI is InChI=1S/C16H19F3N4O.ClH/c1-3-20-11(2)10-21-15(24)12-5-4-6-13(9-12)23-14(7-8-22-23)16(17,18)19;/h4-9,11,20H,3,10H2,1-2H3,(H,21,24);1H/t11-;/m1./s1. The monoisotopic (exact) mass is 376 g/mol. The van der Waals surface area contributed by atoms with Gasteiger partial charge in [0, 0.05) is 18.2 Å². The van der Waals surface area contributed by atoms with Gasteiger partial charge in [-0.05, 0) is 37.7 Å². The third kappa shape index (κ3) is 5.47. The predicted molar refractivity (Wildman–Crippen MR) is 91.3 cm³/mol. The maximum atomic E-state index is 13.0. The minimum Gasteiger partial charge on any atom is -0.350 e. The first kappa shape index (κ1) is 21.0. The lowest BCUT2D eigenvalue weighted by Crippen LogP contribution is -2.38. The van der Waals surface area contributed by atoms with Gasteiger partial charge < -0.3 is 10.6 Å². The van der Waals surface area contributed by atoms with Crippen molar-refractivity contribution in [3.05, 3.63) is 47.8 Å². The molecule has 0 fully saturated rings. The van der Waals surface area contributed by atoms with E-state index in [0.29, 0.717) is 6.54 Å². The van der Waals surface area contributed by atoms with Gasteiger partial charge in [0.2, 0.25) is 0 Å². The first-order valence-corrected chi connectivity index (χ1v) is 7.56. The molecule has 1 amide bonds. The van der Waals surface area contributed by atoms with Crippen LogP contribution < -0.4 is 10.6 Å². The van der Waals surface area contributed by atoms with Crippen molar-refractivity contribution in [3.8, 4) is 5.69 Å². The Labute approximate surface area is 150 Å². The van der Waals surface area contributed by atoms with Gasteiger partial charge in [0.25, 0.3) is 5.91 Å². The SMILES string of the molecule is CCN[C@H](C)CNC(=O)c1cccc(-n2nccc2C(F)(F)F)c1.Cl. The van der Waals surface area contributed by atoms with Gasteiger partial charge in [-0.1, -0.05) is 13.0 Å². The van der Waals surface area contributed by atoms with E-state index >= 15 is 0 Å². The van der Waals surface area contributed by atoms with Gasteiger partial charge in [-0.25, -0.2) is 4.68 Å². The lowest BCUT2D eigenvalue weighted by Gasteiger charge is -2.14. The highest BCUT2D eigenvalue weighted by Gasteiger charge is 2.35. The average molecular weight is 377 g/mol. The summed E-state index contributed by atoms with van der Waals surface area (Å²) in [6.07, 6.45) is -3.44. The van der Waals surface area contributed by atoms with Crippen LogP contribution in [0.15, 0.2) is 36.5 Å². The number of likely N-dealkylation sites (N-methyl/N-ethyl adjacent to an activating group) is 1.